The molecule has 0 fully saturated rings. The highest BCUT2D eigenvalue weighted by Gasteiger charge is 2.21. The van der Waals surface area contributed by atoms with E-state index in [0.717, 1.165) is 22.8 Å². The minimum atomic E-state index is -1.07. The van der Waals surface area contributed by atoms with Crippen LogP contribution in [0, 0.1) is 0 Å². The Labute approximate surface area is 127 Å². The van der Waals surface area contributed by atoms with Gasteiger partial charge in [-0.3, -0.25) is 4.79 Å². The van der Waals surface area contributed by atoms with Gasteiger partial charge in [-0.15, -0.1) is 0 Å². The number of hydrogen-bond acceptors (Lipinski definition) is 3. The third kappa shape index (κ3) is 3.94. The Morgan fingerprint density at radius 3 is 2.82 bits per heavy atom. The lowest BCUT2D eigenvalue weighted by atomic mass is 10.0. The third-order valence-corrected chi connectivity index (χ3v) is 3.46. The van der Waals surface area contributed by atoms with E-state index in [1.807, 2.05) is 24.3 Å². The number of aliphatic carboxylic acids is 1. The van der Waals surface area contributed by atoms with Gasteiger partial charge in [0.2, 0.25) is 5.91 Å². The Kier molecular flexibility index (Phi) is 5.30. The predicted octanol–water partition coefficient (Wildman–Crippen LogP) is 1.65. The fourth-order valence-corrected chi connectivity index (χ4v) is 2.33. The van der Waals surface area contributed by atoms with Crippen LogP contribution in [0.1, 0.15) is 24.8 Å². The van der Waals surface area contributed by atoms with Crippen LogP contribution in [0.5, 0.6) is 0 Å². The molecule has 0 aliphatic rings. The van der Waals surface area contributed by atoms with Crippen molar-refractivity contribution in [3.05, 3.63) is 36.0 Å². The number of carboxylic acid groups (broad SMARTS) is 1. The molecular formula is C16H18N2O4. The Morgan fingerprint density at radius 1 is 1.32 bits per heavy atom. The van der Waals surface area contributed by atoms with Crippen LogP contribution in [-0.2, 0) is 20.8 Å². The van der Waals surface area contributed by atoms with Gasteiger partial charge in [-0.2, -0.15) is 0 Å². The first-order valence-electron chi connectivity index (χ1n) is 7.12. The molecule has 1 amide bonds. The van der Waals surface area contributed by atoms with Gasteiger partial charge in [-0.05, 0) is 18.1 Å². The summed E-state index contributed by atoms with van der Waals surface area (Å²) in [7, 11) is 0. The maximum absolute atomic E-state index is 11.7. The van der Waals surface area contributed by atoms with Crippen LogP contribution in [0.15, 0.2) is 30.5 Å². The highest BCUT2D eigenvalue weighted by atomic mass is 16.4. The normalized spacial score (nSPS) is 12.0. The number of hydrogen-bond donors (Lipinski definition) is 3. The van der Waals surface area contributed by atoms with Crippen LogP contribution in [0.3, 0.4) is 0 Å². The first-order valence-corrected chi connectivity index (χ1v) is 7.12. The Hall–Kier alpha value is -2.63. The Bertz CT molecular complexity index is 678. The van der Waals surface area contributed by atoms with Crippen LogP contribution in [0.4, 0.5) is 0 Å². The molecule has 2 rings (SSSR count). The zero-order valence-electron chi connectivity index (χ0n) is 12.0. The molecule has 0 radical (unpaired) electrons. The predicted molar refractivity (Wildman–Crippen MR) is 81.5 cm³/mol. The van der Waals surface area contributed by atoms with Gasteiger partial charge in [-0.25, -0.2) is 4.79 Å². The van der Waals surface area contributed by atoms with Gasteiger partial charge in [0.25, 0.3) is 0 Å². The third-order valence-electron chi connectivity index (χ3n) is 3.46. The molecule has 22 heavy (non-hydrogen) atoms. The van der Waals surface area contributed by atoms with Crippen molar-refractivity contribution in [1.82, 2.24) is 10.3 Å². The molecule has 2 aromatic rings. The summed E-state index contributed by atoms with van der Waals surface area (Å²) in [6, 6.07) is 6.61. The molecule has 0 aliphatic heterocycles. The maximum Gasteiger partial charge on any atom is 0.326 e. The van der Waals surface area contributed by atoms with Crippen LogP contribution < -0.4 is 5.32 Å². The number of benzene rings is 1. The van der Waals surface area contributed by atoms with Crippen molar-refractivity contribution in [3.63, 3.8) is 0 Å². The van der Waals surface area contributed by atoms with Crippen molar-refractivity contribution in [2.24, 2.45) is 0 Å². The van der Waals surface area contributed by atoms with Gasteiger partial charge in [0.1, 0.15) is 12.3 Å². The smallest absolute Gasteiger partial charge is 0.326 e. The Morgan fingerprint density at radius 2 is 2.09 bits per heavy atom. The Balaban J connectivity index is 2.04. The van der Waals surface area contributed by atoms with Crippen molar-refractivity contribution < 1.29 is 19.5 Å². The lowest BCUT2D eigenvalue weighted by Crippen LogP contribution is -2.42. The lowest BCUT2D eigenvalue weighted by Gasteiger charge is -2.14. The first kappa shape index (κ1) is 15.8. The molecule has 1 atom stereocenters. The minimum absolute atomic E-state index is 0.149. The summed E-state index contributed by atoms with van der Waals surface area (Å²) in [5.41, 5.74) is 1.77. The highest BCUT2D eigenvalue weighted by Crippen LogP contribution is 2.19. The van der Waals surface area contributed by atoms with Crippen LogP contribution in [0.25, 0.3) is 10.9 Å². The second-order valence-electron chi connectivity index (χ2n) is 5.08. The van der Waals surface area contributed by atoms with E-state index in [1.54, 1.807) is 6.20 Å². The molecule has 0 saturated heterocycles. The summed E-state index contributed by atoms with van der Waals surface area (Å²) in [6.07, 6.45) is 3.59. The van der Waals surface area contributed by atoms with E-state index < -0.39 is 12.0 Å². The fraction of sp³-hybridized carbons (Fsp3) is 0.312. The molecule has 0 aliphatic carbocycles. The minimum Gasteiger partial charge on any atom is -0.480 e. The molecule has 1 aromatic carbocycles. The van der Waals surface area contributed by atoms with E-state index in [-0.39, 0.29) is 18.7 Å². The number of aldehydes is 1. The molecule has 0 unspecified atom stereocenters. The van der Waals surface area contributed by atoms with E-state index in [4.69, 9.17) is 0 Å². The number of aromatic nitrogens is 1. The number of nitrogens with one attached hydrogen (secondary N) is 2. The van der Waals surface area contributed by atoms with E-state index >= 15 is 0 Å². The summed E-state index contributed by atoms with van der Waals surface area (Å²) in [6.45, 7) is 0. The number of carbonyl (C=O) groups excluding carboxylic acids is 2. The van der Waals surface area contributed by atoms with Gasteiger partial charge in [-0.1, -0.05) is 18.2 Å². The lowest BCUT2D eigenvalue weighted by molar-refractivity contribution is -0.141. The van der Waals surface area contributed by atoms with E-state index in [0.29, 0.717) is 12.8 Å². The average Bonchev–Trinajstić information content (AvgIpc) is 2.90. The molecule has 0 spiro atoms. The number of H-pyrrole nitrogens is 1. The van der Waals surface area contributed by atoms with Crippen molar-refractivity contribution in [3.8, 4) is 0 Å². The van der Waals surface area contributed by atoms with Crippen LogP contribution >= 0.6 is 0 Å². The highest BCUT2D eigenvalue weighted by molar-refractivity contribution is 5.86. The number of amides is 1. The zero-order valence-corrected chi connectivity index (χ0v) is 12.0. The number of fused-ring (bicyclic) bond motifs is 1. The second-order valence-corrected chi connectivity index (χ2v) is 5.08. The summed E-state index contributed by atoms with van der Waals surface area (Å²) in [5, 5.41) is 12.7. The van der Waals surface area contributed by atoms with Crippen molar-refractivity contribution in [2.75, 3.05) is 0 Å². The molecule has 0 saturated carbocycles. The van der Waals surface area contributed by atoms with Crippen LogP contribution in [-0.4, -0.2) is 34.3 Å². The molecule has 0 bridgehead atoms. The largest absolute Gasteiger partial charge is 0.480 e. The van der Waals surface area contributed by atoms with Crippen molar-refractivity contribution in [2.45, 2.75) is 31.7 Å². The quantitative estimate of drug-likeness (QED) is 0.510. The van der Waals surface area contributed by atoms with Gasteiger partial charge in [0.15, 0.2) is 0 Å². The summed E-state index contributed by atoms with van der Waals surface area (Å²) in [5.74, 6) is -1.43. The number of carboxylic acids is 1. The van der Waals surface area contributed by atoms with Gasteiger partial charge >= 0.3 is 5.97 Å². The van der Waals surface area contributed by atoms with E-state index in [9.17, 15) is 19.5 Å². The molecule has 6 nitrogen and oxygen atoms in total. The molecule has 1 heterocycles. The monoisotopic (exact) mass is 302 g/mol. The summed E-state index contributed by atoms with van der Waals surface area (Å²) < 4.78 is 0. The van der Waals surface area contributed by atoms with Gasteiger partial charge < -0.3 is 20.2 Å². The van der Waals surface area contributed by atoms with Crippen LogP contribution in [0.2, 0.25) is 0 Å². The summed E-state index contributed by atoms with van der Waals surface area (Å²) >= 11 is 0. The SMILES string of the molecule is O=CCCCC(=O)N[C@@H](Cc1c[nH]c2ccccc12)C(=O)O. The second kappa shape index (κ2) is 7.40. The van der Waals surface area contributed by atoms with Crippen molar-refractivity contribution >= 4 is 29.1 Å². The number of aromatic amines is 1. The molecule has 1 aromatic heterocycles. The number of carbonyl (C=O) groups is 3. The fourth-order valence-electron chi connectivity index (χ4n) is 2.33. The van der Waals surface area contributed by atoms with Gasteiger partial charge in [0.05, 0.1) is 0 Å². The number of unbranched alkanes of at least 4 members (excludes halogenated alkanes) is 1. The molecule has 116 valence electrons. The topological polar surface area (TPSA) is 99.3 Å². The van der Waals surface area contributed by atoms with Gasteiger partial charge in [0, 0.05) is 36.4 Å². The first-order chi connectivity index (χ1) is 10.6. The average molecular weight is 302 g/mol. The standard InChI is InChI=1S/C16H18N2O4/c19-8-4-3-7-15(20)18-14(16(21)22)9-11-10-17-13-6-2-1-5-12(11)13/h1-2,5-6,8,10,14,17H,3-4,7,9H2,(H,18,20)(H,21,22)/t14-/m0/s1. The number of rotatable bonds is 8. The van der Waals surface area contributed by atoms with E-state index in [2.05, 4.69) is 10.3 Å². The zero-order chi connectivity index (χ0) is 15.9. The molecule has 6 heteroatoms. The summed E-state index contributed by atoms with van der Waals surface area (Å²) in [4.78, 5) is 36.4. The van der Waals surface area contributed by atoms with E-state index in [1.165, 1.54) is 0 Å². The maximum atomic E-state index is 11.7. The van der Waals surface area contributed by atoms with Crippen molar-refractivity contribution in [1.29, 1.82) is 0 Å². The number of para-hydroxylation sites is 1. The molecule has 3 N–H and O–H groups in total. The molecular weight excluding hydrogens is 284 g/mol.